The fourth-order valence-corrected chi connectivity index (χ4v) is 6.77. The topological polar surface area (TPSA) is 60.9 Å². The van der Waals surface area contributed by atoms with E-state index >= 15 is 0 Å². The molecular weight excluding hydrogens is 503 g/mol. The van der Waals surface area contributed by atoms with Crippen LogP contribution >= 0.6 is 35.0 Å². The predicted octanol–water partition coefficient (Wildman–Crippen LogP) is 5.97. The smallest absolute Gasteiger partial charge is 0.304 e. The van der Waals surface area contributed by atoms with Crippen molar-refractivity contribution in [2.45, 2.75) is 44.2 Å². The summed E-state index contributed by atoms with van der Waals surface area (Å²) in [5.74, 6) is 0.521. The van der Waals surface area contributed by atoms with E-state index in [0.29, 0.717) is 16.5 Å². The van der Waals surface area contributed by atoms with E-state index in [-0.39, 0.29) is 30.3 Å². The molecule has 2 fully saturated rings. The average molecular weight is 536 g/mol. The van der Waals surface area contributed by atoms with Gasteiger partial charge in [0, 0.05) is 59.1 Å². The lowest BCUT2D eigenvalue weighted by Crippen LogP contribution is -2.55. The summed E-state index contributed by atoms with van der Waals surface area (Å²) in [6.07, 6.45) is 1.09. The number of thioether (sulfide) groups is 1. The summed E-state index contributed by atoms with van der Waals surface area (Å²) >= 11 is 14.6. The summed E-state index contributed by atoms with van der Waals surface area (Å²) in [4.78, 5) is 30.2. The number of halogens is 2. The molecule has 1 N–H and O–H groups in total. The Morgan fingerprint density at radius 1 is 1.09 bits per heavy atom. The van der Waals surface area contributed by atoms with Gasteiger partial charge in [-0.1, -0.05) is 54.4 Å². The Labute approximate surface area is 221 Å². The van der Waals surface area contributed by atoms with Gasteiger partial charge in [-0.05, 0) is 48.2 Å². The molecule has 0 radical (unpaired) electrons. The highest BCUT2D eigenvalue weighted by molar-refractivity contribution is 7.99. The van der Waals surface area contributed by atoms with E-state index in [4.69, 9.17) is 23.2 Å². The monoisotopic (exact) mass is 534 g/mol. The van der Waals surface area contributed by atoms with Gasteiger partial charge < -0.3 is 10.0 Å². The summed E-state index contributed by atoms with van der Waals surface area (Å²) in [7, 11) is 0. The van der Waals surface area contributed by atoms with Crippen LogP contribution in [0, 0.1) is 5.92 Å². The average Bonchev–Trinajstić information content (AvgIpc) is 2.85. The molecule has 0 aliphatic carbocycles. The molecule has 2 aliphatic heterocycles. The van der Waals surface area contributed by atoms with Crippen molar-refractivity contribution in [3.05, 3.63) is 69.7 Å². The van der Waals surface area contributed by atoms with Gasteiger partial charge in [-0.15, -0.1) is 0 Å². The highest BCUT2D eigenvalue weighted by atomic mass is 35.5. The van der Waals surface area contributed by atoms with Gasteiger partial charge >= 0.3 is 5.97 Å². The molecule has 1 unspecified atom stereocenters. The van der Waals surface area contributed by atoms with Crippen molar-refractivity contribution in [1.29, 1.82) is 0 Å². The van der Waals surface area contributed by atoms with Crippen LogP contribution in [-0.4, -0.2) is 64.0 Å². The van der Waals surface area contributed by atoms with Crippen molar-refractivity contribution in [2.75, 3.05) is 31.1 Å². The number of carboxylic acids is 1. The summed E-state index contributed by atoms with van der Waals surface area (Å²) in [5.41, 5.74) is 2.03. The normalized spacial score (nSPS) is 24.4. The molecule has 2 saturated heterocycles. The minimum absolute atomic E-state index is 0.0236. The van der Waals surface area contributed by atoms with E-state index in [0.717, 1.165) is 48.7 Å². The van der Waals surface area contributed by atoms with E-state index in [1.807, 2.05) is 65.2 Å². The number of nitrogens with zero attached hydrogens (tertiary/aromatic N) is 2. The van der Waals surface area contributed by atoms with Crippen LogP contribution in [0.4, 0.5) is 0 Å². The van der Waals surface area contributed by atoms with Gasteiger partial charge in [-0.3, -0.25) is 14.5 Å². The SMILES string of the molecule is CCC(CN1CCSCC1)N1C(=O)[C@@H](CC(=O)O)C[C@H](c2cccc(Cl)c2)[C@H]1c1ccc(Cl)cc1. The maximum Gasteiger partial charge on any atom is 0.304 e. The molecule has 4 atom stereocenters. The number of carbonyl (C=O) groups excluding carboxylic acids is 1. The maximum absolute atomic E-state index is 14.0. The molecular formula is C27H32Cl2N2O3S. The number of rotatable bonds is 8. The molecule has 35 heavy (non-hydrogen) atoms. The van der Waals surface area contributed by atoms with Crippen LogP contribution < -0.4 is 0 Å². The van der Waals surface area contributed by atoms with E-state index in [9.17, 15) is 14.7 Å². The number of benzene rings is 2. The fraction of sp³-hybridized carbons (Fsp3) is 0.481. The Bertz CT molecular complexity index is 1030. The first-order valence-corrected chi connectivity index (χ1v) is 14.1. The number of piperidine rings is 1. The number of likely N-dealkylation sites (tertiary alicyclic amines) is 1. The van der Waals surface area contributed by atoms with Crippen molar-refractivity contribution < 1.29 is 14.7 Å². The Kier molecular flexibility index (Phi) is 9.03. The third kappa shape index (κ3) is 6.34. The largest absolute Gasteiger partial charge is 0.481 e. The molecule has 2 aliphatic rings. The molecule has 0 aromatic heterocycles. The second kappa shape index (κ2) is 12.0. The first-order chi connectivity index (χ1) is 16.9. The predicted molar refractivity (Wildman–Crippen MR) is 143 cm³/mol. The van der Waals surface area contributed by atoms with Gasteiger partial charge in [0.25, 0.3) is 0 Å². The van der Waals surface area contributed by atoms with Gasteiger partial charge in [0.15, 0.2) is 0 Å². The van der Waals surface area contributed by atoms with Crippen LogP contribution in [0.15, 0.2) is 48.5 Å². The van der Waals surface area contributed by atoms with Crippen LogP contribution in [0.25, 0.3) is 0 Å². The minimum atomic E-state index is -0.945. The second-order valence-electron chi connectivity index (χ2n) is 9.41. The van der Waals surface area contributed by atoms with Gasteiger partial charge in [-0.25, -0.2) is 0 Å². The quantitative estimate of drug-likeness (QED) is 0.452. The van der Waals surface area contributed by atoms with E-state index in [1.165, 1.54) is 0 Å². The molecule has 2 aromatic rings. The van der Waals surface area contributed by atoms with E-state index < -0.39 is 11.9 Å². The lowest BCUT2D eigenvalue weighted by molar-refractivity contribution is -0.152. The van der Waals surface area contributed by atoms with Crippen molar-refractivity contribution in [2.24, 2.45) is 5.92 Å². The number of aliphatic carboxylic acids is 1. The Morgan fingerprint density at radius 2 is 1.80 bits per heavy atom. The number of carboxylic acid groups (broad SMARTS) is 1. The fourth-order valence-electron chi connectivity index (χ4n) is 5.47. The Balaban J connectivity index is 1.80. The highest BCUT2D eigenvalue weighted by Gasteiger charge is 2.46. The highest BCUT2D eigenvalue weighted by Crippen LogP contribution is 2.47. The van der Waals surface area contributed by atoms with Crippen molar-refractivity contribution in [1.82, 2.24) is 9.80 Å². The number of carbonyl (C=O) groups is 2. The van der Waals surface area contributed by atoms with Gasteiger partial charge in [0.2, 0.25) is 5.91 Å². The first-order valence-electron chi connectivity index (χ1n) is 12.2. The van der Waals surface area contributed by atoms with Crippen molar-refractivity contribution in [3.63, 3.8) is 0 Å². The lowest BCUT2D eigenvalue weighted by Gasteiger charge is -2.49. The van der Waals surface area contributed by atoms with Gasteiger partial charge in [-0.2, -0.15) is 11.8 Å². The molecule has 0 saturated carbocycles. The lowest BCUT2D eigenvalue weighted by atomic mass is 9.74. The van der Waals surface area contributed by atoms with E-state index in [1.54, 1.807) is 0 Å². The van der Waals surface area contributed by atoms with Crippen LogP contribution in [0.5, 0.6) is 0 Å². The summed E-state index contributed by atoms with van der Waals surface area (Å²) in [6.45, 7) is 4.91. The third-order valence-electron chi connectivity index (χ3n) is 7.17. The summed E-state index contributed by atoms with van der Waals surface area (Å²) in [5, 5.41) is 10.9. The zero-order chi connectivity index (χ0) is 24.9. The molecule has 2 aromatic carbocycles. The summed E-state index contributed by atoms with van der Waals surface area (Å²) < 4.78 is 0. The molecule has 8 heteroatoms. The molecule has 188 valence electrons. The zero-order valence-electron chi connectivity index (χ0n) is 19.9. The zero-order valence-corrected chi connectivity index (χ0v) is 22.2. The second-order valence-corrected chi connectivity index (χ2v) is 11.5. The van der Waals surface area contributed by atoms with E-state index in [2.05, 4.69) is 11.8 Å². The molecule has 1 amide bonds. The van der Waals surface area contributed by atoms with Crippen LogP contribution in [0.1, 0.15) is 49.3 Å². The molecule has 0 spiro atoms. The van der Waals surface area contributed by atoms with Gasteiger partial charge in [0.1, 0.15) is 0 Å². The molecule has 4 rings (SSSR count). The van der Waals surface area contributed by atoms with Crippen LogP contribution in [-0.2, 0) is 9.59 Å². The molecule has 2 heterocycles. The first kappa shape index (κ1) is 26.3. The third-order valence-corrected chi connectivity index (χ3v) is 8.60. The Morgan fingerprint density at radius 3 is 2.43 bits per heavy atom. The maximum atomic E-state index is 14.0. The van der Waals surface area contributed by atoms with Gasteiger partial charge in [0.05, 0.1) is 12.5 Å². The standard InChI is InChI=1S/C27H32Cl2N2O3S/c1-2-23(17-30-10-12-35-13-11-30)31-26(18-6-8-21(28)9-7-18)24(19-4-3-5-22(29)14-19)15-20(27(31)34)16-25(32)33/h3-9,14,20,23-24,26H,2,10-13,15-17H2,1H3,(H,32,33)/t20-,23?,24-,26-/m1/s1. The Hall–Kier alpha value is -1.73. The summed E-state index contributed by atoms with van der Waals surface area (Å²) in [6, 6.07) is 15.2. The number of amides is 1. The number of hydrogen-bond acceptors (Lipinski definition) is 4. The van der Waals surface area contributed by atoms with Crippen molar-refractivity contribution >= 4 is 46.8 Å². The van der Waals surface area contributed by atoms with Crippen LogP contribution in [0.3, 0.4) is 0 Å². The van der Waals surface area contributed by atoms with Crippen molar-refractivity contribution in [3.8, 4) is 0 Å². The minimum Gasteiger partial charge on any atom is -0.481 e. The molecule has 5 nitrogen and oxygen atoms in total. The number of hydrogen-bond donors (Lipinski definition) is 1. The van der Waals surface area contributed by atoms with Crippen LogP contribution in [0.2, 0.25) is 10.0 Å². The molecule has 0 bridgehead atoms.